The van der Waals surface area contributed by atoms with Crippen LogP contribution in [0.4, 0.5) is 0 Å². The van der Waals surface area contributed by atoms with Gasteiger partial charge in [0.15, 0.2) is 0 Å². The van der Waals surface area contributed by atoms with Gasteiger partial charge in [-0.05, 0) is 13.0 Å². The van der Waals surface area contributed by atoms with E-state index in [1.54, 1.807) is 0 Å². The molecule has 0 aromatic carbocycles. The van der Waals surface area contributed by atoms with Crippen LogP contribution in [-0.4, -0.2) is 11.4 Å². The third-order valence-electron chi connectivity index (χ3n) is 1.99. The molecule has 1 radical (unpaired) electrons. The molecule has 0 saturated heterocycles. The van der Waals surface area contributed by atoms with E-state index < -0.39 is 0 Å². The molecule has 75 valence electrons. The predicted molar refractivity (Wildman–Crippen MR) is 65.3 cm³/mol. The quantitative estimate of drug-likeness (QED) is 0.537. The number of nitrogens with zero attached hydrogens (tertiary/aromatic N) is 1. The number of unbranched alkanes of at least 4 members (excludes halogenated alkanes) is 1. The van der Waals surface area contributed by atoms with Gasteiger partial charge in [0.05, 0.1) is 0 Å². The molecular formula is C11H15INY-. The average molecular weight is 377 g/mol. The number of hydrogen-bond acceptors (Lipinski definition) is 1. The van der Waals surface area contributed by atoms with Gasteiger partial charge < -0.3 is 4.90 Å². The molecule has 1 aliphatic rings. The zero-order chi connectivity index (χ0) is 9.84. The van der Waals surface area contributed by atoms with Crippen LogP contribution in [-0.2, 0) is 32.7 Å². The summed E-state index contributed by atoms with van der Waals surface area (Å²) in [5.41, 5.74) is 2.27. The van der Waals surface area contributed by atoms with Crippen molar-refractivity contribution in [2.75, 3.05) is 6.54 Å². The Morgan fingerprint density at radius 2 is 2.21 bits per heavy atom. The van der Waals surface area contributed by atoms with Crippen molar-refractivity contribution >= 4 is 22.6 Å². The minimum atomic E-state index is 0. The Morgan fingerprint density at radius 1 is 1.57 bits per heavy atom. The van der Waals surface area contributed by atoms with Crippen molar-refractivity contribution in [1.29, 1.82) is 0 Å². The summed E-state index contributed by atoms with van der Waals surface area (Å²) in [4.78, 5) is 2.13. The van der Waals surface area contributed by atoms with E-state index in [0.717, 1.165) is 12.2 Å². The Kier molecular flexibility index (Phi) is 7.62. The Hall–Kier alpha value is 0.854. The second-order valence-electron chi connectivity index (χ2n) is 3.24. The molecular weight excluding hydrogens is 362 g/mol. The summed E-state index contributed by atoms with van der Waals surface area (Å²) < 4.78 is 1.23. The first kappa shape index (κ1) is 14.9. The van der Waals surface area contributed by atoms with Crippen molar-refractivity contribution in [1.82, 2.24) is 4.90 Å². The molecule has 0 aromatic heterocycles. The number of allylic oxidation sites excluding steroid dienone is 3. The van der Waals surface area contributed by atoms with Gasteiger partial charge >= 0.3 is 0 Å². The molecule has 0 atom stereocenters. The van der Waals surface area contributed by atoms with Crippen LogP contribution >= 0.6 is 22.6 Å². The van der Waals surface area contributed by atoms with Crippen LogP contribution in [0.15, 0.2) is 27.5 Å². The molecule has 1 nitrogen and oxygen atoms in total. The molecule has 0 unspecified atom stereocenters. The van der Waals surface area contributed by atoms with Gasteiger partial charge in [0.2, 0.25) is 0 Å². The molecule has 0 N–H and O–H groups in total. The maximum Gasteiger partial charge on any atom is 0 e. The number of hydrogen-bond donors (Lipinski definition) is 0. The van der Waals surface area contributed by atoms with E-state index in [4.69, 9.17) is 0 Å². The van der Waals surface area contributed by atoms with Crippen molar-refractivity contribution in [2.24, 2.45) is 0 Å². The molecule has 0 aromatic rings. The third kappa shape index (κ3) is 4.15. The first-order valence-corrected chi connectivity index (χ1v) is 5.67. The van der Waals surface area contributed by atoms with Crippen LogP contribution < -0.4 is 0 Å². The van der Waals surface area contributed by atoms with E-state index >= 15 is 0 Å². The van der Waals surface area contributed by atoms with Crippen LogP contribution in [0.5, 0.6) is 0 Å². The summed E-state index contributed by atoms with van der Waals surface area (Å²) in [5, 5.41) is 0. The Bertz CT molecular complexity index is 268. The molecule has 0 spiro atoms. The minimum absolute atomic E-state index is 0. The predicted octanol–water partition coefficient (Wildman–Crippen LogP) is 3.64. The van der Waals surface area contributed by atoms with E-state index in [1.807, 2.05) is 0 Å². The molecule has 14 heavy (non-hydrogen) atoms. The van der Waals surface area contributed by atoms with Crippen LogP contribution in [0.3, 0.4) is 0 Å². The fourth-order valence-corrected chi connectivity index (χ4v) is 1.98. The van der Waals surface area contributed by atoms with E-state index in [0.29, 0.717) is 0 Å². The molecule has 3 heteroatoms. The molecule has 0 bridgehead atoms. The van der Waals surface area contributed by atoms with Crippen LogP contribution in [0, 0.1) is 6.20 Å². The van der Waals surface area contributed by atoms with Gasteiger partial charge in [0, 0.05) is 32.7 Å². The van der Waals surface area contributed by atoms with Gasteiger partial charge in [-0.1, -0.05) is 58.3 Å². The van der Waals surface area contributed by atoms with E-state index in [-0.39, 0.29) is 32.7 Å². The number of halogens is 1. The molecule has 0 amide bonds. The SMILES string of the molecule is C=C1C(I)=CC(C)=[C-]N1CCCC.[Y]. The van der Waals surface area contributed by atoms with Gasteiger partial charge in [0.1, 0.15) is 0 Å². The number of rotatable bonds is 3. The van der Waals surface area contributed by atoms with Crippen molar-refractivity contribution < 1.29 is 32.7 Å². The second kappa shape index (κ2) is 7.18. The third-order valence-corrected chi connectivity index (χ3v) is 2.93. The molecule has 1 aliphatic heterocycles. The fourth-order valence-electron chi connectivity index (χ4n) is 1.22. The molecule has 0 fully saturated rings. The van der Waals surface area contributed by atoms with Crippen molar-refractivity contribution in [3.05, 3.63) is 33.7 Å². The van der Waals surface area contributed by atoms with E-state index in [1.165, 1.54) is 22.0 Å². The van der Waals surface area contributed by atoms with Crippen LogP contribution in [0.25, 0.3) is 0 Å². The fraction of sp³-hybridized carbons (Fsp3) is 0.455. The van der Waals surface area contributed by atoms with Gasteiger partial charge in [-0.3, -0.25) is 0 Å². The van der Waals surface area contributed by atoms with Crippen molar-refractivity contribution in [2.45, 2.75) is 26.7 Å². The summed E-state index contributed by atoms with van der Waals surface area (Å²) in [6, 6.07) is 0. The molecule has 0 saturated carbocycles. The molecule has 1 rings (SSSR count). The first-order valence-electron chi connectivity index (χ1n) is 4.59. The van der Waals surface area contributed by atoms with Crippen molar-refractivity contribution in [3.8, 4) is 0 Å². The zero-order valence-corrected chi connectivity index (χ0v) is 13.8. The van der Waals surface area contributed by atoms with Crippen molar-refractivity contribution in [3.63, 3.8) is 0 Å². The van der Waals surface area contributed by atoms with E-state index in [9.17, 15) is 0 Å². The monoisotopic (exact) mass is 377 g/mol. The topological polar surface area (TPSA) is 3.24 Å². The zero-order valence-electron chi connectivity index (χ0n) is 8.81. The Morgan fingerprint density at radius 3 is 2.79 bits per heavy atom. The maximum absolute atomic E-state index is 4.04. The second-order valence-corrected chi connectivity index (χ2v) is 4.40. The van der Waals surface area contributed by atoms with Crippen LogP contribution in [0.2, 0.25) is 0 Å². The normalized spacial score (nSPS) is 15.9. The average Bonchev–Trinajstić information content (AvgIpc) is 2.09. The maximum atomic E-state index is 4.04. The smallest absolute Gasteiger partial charge is 0 e. The summed E-state index contributed by atoms with van der Waals surface area (Å²) >= 11 is 2.32. The van der Waals surface area contributed by atoms with E-state index in [2.05, 4.69) is 60.2 Å². The Balaban J connectivity index is 0.00000169. The van der Waals surface area contributed by atoms with Gasteiger partial charge in [-0.15, -0.1) is 12.2 Å². The largest absolute Gasteiger partial charge is 0.455 e. The molecule has 0 aliphatic carbocycles. The van der Waals surface area contributed by atoms with Gasteiger partial charge in [0.25, 0.3) is 0 Å². The van der Waals surface area contributed by atoms with Gasteiger partial charge in [-0.25, -0.2) is 0 Å². The summed E-state index contributed by atoms with van der Waals surface area (Å²) in [6.07, 6.45) is 7.83. The molecule has 1 heterocycles. The summed E-state index contributed by atoms with van der Waals surface area (Å²) in [5.74, 6) is 0. The summed E-state index contributed by atoms with van der Waals surface area (Å²) in [6.45, 7) is 9.34. The first-order chi connectivity index (χ1) is 6.15. The minimum Gasteiger partial charge on any atom is -0.455 e. The van der Waals surface area contributed by atoms with Gasteiger partial charge in [-0.2, -0.15) is 6.08 Å². The Labute approximate surface area is 126 Å². The standard InChI is InChI=1S/C11H15IN.Y/c1-4-5-6-13-8-9(2)7-11(12)10(13)3;/h7H,3-6H2,1-2H3;/q-1;. The van der Waals surface area contributed by atoms with Crippen LogP contribution in [0.1, 0.15) is 26.7 Å². The summed E-state index contributed by atoms with van der Waals surface area (Å²) in [7, 11) is 0.